The molecule has 1 fully saturated rings. The number of amides is 1. The Labute approximate surface area is 220 Å². The van der Waals surface area contributed by atoms with Crippen molar-refractivity contribution in [1.29, 1.82) is 0 Å². The van der Waals surface area contributed by atoms with Gasteiger partial charge in [0.1, 0.15) is 22.8 Å². The Morgan fingerprint density at radius 1 is 1.03 bits per heavy atom. The third-order valence-electron chi connectivity index (χ3n) is 6.66. The van der Waals surface area contributed by atoms with E-state index in [1.54, 1.807) is 0 Å². The molecule has 11 heteroatoms. The number of terminal acetylenes is 1. The molecule has 1 saturated carbocycles. The summed E-state index contributed by atoms with van der Waals surface area (Å²) in [7, 11) is 1.42. The fourth-order valence-corrected chi connectivity index (χ4v) is 4.63. The van der Waals surface area contributed by atoms with Gasteiger partial charge >= 0.3 is 5.69 Å². The third-order valence-corrected chi connectivity index (χ3v) is 6.66. The highest BCUT2D eigenvalue weighted by atomic mass is 19.1. The van der Waals surface area contributed by atoms with E-state index in [2.05, 4.69) is 16.6 Å². The normalized spacial score (nSPS) is 12.8. The highest BCUT2D eigenvalue weighted by Gasteiger charge is 2.31. The van der Waals surface area contributed by atoms with Gasteiger partial charge in [-0.25, -0.2) is 13.6 Å². The quantitative estimate of drug-likeness (QED) is 0.384. The Morgan fingerprint density at radius 3 is 2.36 bits per heavy atom. The molecule has 198 valence electrons. The minimum Gasteiger partial charge on any atom is -0.338 e. The van der Waals surface area contributed by atoms with Gasteiger partial charge in [0.05, 0.1) is 22.6 Å². The summed E-state index contributed by atoms with van der Waals surface area (Å²) in [6, 6.07) is 7.29. The standard InChI is InChI=1S/C28H23F2N5O4/c1-5-16-6-11-21(20(30)12-16)32-25-23-24(14(2)26(37)33(25)4)34(28(39)35(27(23)38)17-7-8-17)18-9-10-19(29)22(13-18)31-15(3)36/h1,6,9-13,17,32H,7-8H2,2-4H3,(H,31,36). The number of benzene rings is 2. The number of nitrogens with zero attached hydrogens (tertiary/aromatic N) is 3. The van der Waals surface area contributed by atoms with Gasteiger partial charge in [-0.3, -0.25) is 28.1 Å². The number of hydrogen-bond donors (Lipinski definition) is 2. The van der Waals surface area contributed by atoms with E-state index in [0.29, 0.717) is 18.4 Å². The first-order valence-electron chi connectivity index (χ1n) is 12.0. The lowest BCUT2D eigenvalue weighted by Gasteiger charge is -2.21. The minimum atomic E-state index is -0.734. The van der Waals surface area contributed by atoms with Gasteiger partial charge in [0.15, 0.2) is 0 Å². The van der Waals surface area contributed by atoms with E-state index in [1.807, 2.05) is 0 Å². The molecule has 1 aliphatic carbocycles. The van der Waals surface area contributed by atoms with Gasteiger partial charge in [-0.1, -0.05) is 5.92 Å². The summed E-state index contributed by atoms with van der Waals surface area (Å²) < 4.78 is 32.8. The largest absolute Gasteiger partial charge is 0.338 e. The van der Waals surface area contributed by atoms with E-state index < -0.39 is 34.3 Å². The molecular weight excluding hydrogens is 508 g/mol. The number of fused-ring (bicyclic) bond motifs is 1. The molecule has 0 radical (unpaired) electrons. The van der Waals surface area contributed by atoms with Crippen molar-refractivity contribution in [3.8, 4) is 18.0 Å². The number of hydrogen-bond acceptors (Lipinski definition) is 5. The van der Waals surface area contributed by atoms with Crippen molar-refractivity contribution in [3.05, 3.63) is 90.4 Å². The molecule has 4 aromatic rings. The van der Waals surface area contributed by atoms with Crippen LogP contribution in [0.5, 0.6) is 0 Å². The number of rotatable bonds is 5. The van der Waals surface area contributed by atoms with Crippen LogP contribution in [-0.4, -0.2) is 19.6 Å². The van der Waals surface area contributed by atoms with E-state index in [-0.39, 0.29) is 45.4 Å². The van der Waals surface area contributed by atoms with Gasteiger partial charge in [-0.2, -0.15) is 0 Å². The van der Waals surface area contributed by atoms with Crippen LogP contribution in [0.2, 0.25) is 0 Å². The Morgan fingerprint density at radius 2 is 1.74 bits per heavy atom. The Bertz CT molecular complexity index is 1930. The SMILES string of the molecule is C#Cc1ccc(Nc2c3c(=O)n(C4CC4)c(=O)n(-c4ccc(F)c(NC(C)=O)c4)c3c(C)c(=O)n2C)c(F)c1. The van der Waals surface area contributed by atoms with Crippen LogP contribution >= 0.6 is 0 Å². The molecule has 0 spiro atoms. The number of nitrogens with one attached hydrogen (secondary N) is 2. The van der Waals surface area contributed by atoms with Crippen molar-refractivity contribution < 1.29 is 13.6 Å². The number of halogens is 2. The molecule has 2 aromatic carbocycles. The summed E-state index contributed by atoms with van der Waals surface area (Å²) in [5.74, 6) is 0.332. The molecule has 0 bridgehead atoms. The molecule has 0 saturated heterocycles. The van der Waals surface area contributed by atoms with Crippen LogP contribution in [0, 0.1) is 30.9 Å². The molecule has 9 nitrogen and oxygen atoms in total. The lowest BCUT2D eigenvalue weighted by molar-refractivity contribution is -0.114. The molecule has 2 N–H and O–H groups in total. The average Bonchev–Trinajstić information content (AvgIpc) is 3.72. The van der Waals surface area contributed by atoms with Crippen LogP contribution < -0.4 is 27.4 Å². The van der Waals surface area contributed by atoms with E-state index in [9.17, 15) is 28.0 Å². The zero-order valence-electron chi connectivity index (χ0n) is 21.3. The Balaban J connectivity index is 1.90. The number of aryl methyl sites for hydroxylation is 1. The summed E-state index contributed by atoms with van der Waals surface area (Å²) in [6.45, 7) is 2.67. The number of aromatic nitrogens is 3. The second kappa shape index (κ2) is 9.40. The van der Waals surface area contributed by atoms with Gasteiger partial charge < -0.3 is 10.6 Å². The first kappa shape index (κ1) is 25.7. The van der Waals surface area contributed by atoms with Gasteiger partial charge in [-0.05, 0) is 56.2 Å². The van der Waals surface area contributed by atoms with E-state index in [4.69, 9.17) is 6.42 Å². The van der Waals surface area contributed by atoms with Crippen LogP contribution in [0.4, 0.5) is 26.0 Å². The predicted molar refractivity (Wildman–Crippen MR) is 144 cm³/mol. The molecule has 5 rings (SSSR count). The molecule has 1 aliphatic rings. The van der Waals surface area contributed by atoms with Gasteiger partial charge in [0.2, 0.25) is 5.91 Å². The van der Waals surface area contributed by atoms with E-state index in [0.717, 1.165) is 21.3 Å². The second-order valence-corrected chi connectivity index (χ2v) is 9.39. The molecule has 1 amide bonds. The summed E-state index contributed by atoms with van der Waals surface area (Å²) in [5, 5.41) is 5.19. The zero-order chi connectivity index (χ0) is 28.2. The molecular formula is C28H23F2N5O4. The second-order valence-electron chi connectivity index (χ2n) is 9.39. The summed E-state index contributed by atoms with van der Waals surface area (Å²) in [5.41, 5.74) is -1.67. The fourth-order valence-electron chi connectivity index (χ4n) is 4.63. The number of anilines is 3. The van der Waals surface area contributed by atoms with Gasteiger partial charge in [0.25, 0.3) is 11.1 Å². The lowest BCUT2D eigenvalue weighted by Crippen LogP contribution is -2.41. The molecule has 39 heavy (non-hydrogen) atoms. The molecule has 2 aromatic heterocycles. The summed E-state index contributed by atoms with van der Waals surface area (Å²) >= 11 is 0. The predicted octanol–water partition coefficient (Wildman–Crippen LogP) is 3.46. The smallest absolute Gasteiger partial charge is 0.336 e. The zero-order valence-corrected chi connectivity index (χ0v) is 21.3. The van der Waals surface area contributed by atoms with Crippen molar-refractivity contribution in [2.75, 3.05) is 10.6 Å². The Kier molecular flexibility index (Phi) is 6.18. The molecule has 0 aliphatic heterocycles. The summed E-state index contributed by atoms with van der Waals surface area (Å²) in [6.07, 6.45) is 6.54. The van der Waals surface area contributed by atoms with Crippen molar-refractivity contribution in [2.45, 2.75) is 32.7 Å². The van der Waals surface area contributed by atoms with Crippen LogP contribution in [0.25, 0.3) is 16.6 Å². The average molecular weight is 532 g/mol. The fraction of sp³-hybridized carbons (Fsp3) is 0.214. The maximum atomic E-state index is 14.9. The number of carbonyl (C=O) groups is 1. The third kappa shape index (κ3) is 4.29. The van der Waals surface area contributed by atoms with Crippen molar-refractivity contribution in [3.63, 3.8) is 0 Å². The van der Waals surface area contributed by atoms with E-state index >= 15 is 0 Å². The van der Waals surface area contributed by atoms with Crippen LogP contribution in [-0.2, 0) is 11.8 Å². The van der Waals surface area contributed by atoms with Crippen LogP contribution in [0.1, 0.15) is 36.9 Å². The maximum Gasteiger partial charge on any atom is 0.336 e. The van der Waals surface area contributed by atoms with Crippen LogP contribution in [0.3, 0.4) is 0 Å². The molecule has 0 atom stereocenters. The highest BCUT2D eigenvalue weighted by molar-refractivity contribution is 5.94. The Hall–Kier alpha value is -4.98. The first-order chi connectivity index (χ1) is 18.5. The minimum absolute atomic E-state index is 0.0199. The molecule has 0 unspecified atom stereocenters. The monoisotopic (exact) mass is 531 g/mol. The van der Waals surface area contributed by atoms with Gasteiger partial charge in [-0.15, -0.1) is 6.42 Å². The topological polar surface area (TPSA) is 107 Å². The number of carbonyl (C=O) groups excluding carboxylic acids is 1. The highest BCUT2D eigenvalue weighted by Crippen LogP contribution is 2.34. The maximum absolute atomic E-state index is 14.9. The summed E-state index contributed by atoms with van der Waals surface area (Å²) in [4.78, 5) is 52.6. The van der Waals surface area contributed by atoms with Crippen molar-refractivity contribution in [1.82, 2.24) is 13.7 Å². The van der Waals surface area contributed by atoms with Crippen molar-refractivity contribution >= 4 is 34.0 Å². The van der Waals surface area contributed by atoms with E-state index in [1.165, 1.54) is 49.7 Å². The first-order valence-corrected chi connectivity index (χ1v) is 12.0. The van der Waals surface area contributed by atoms with Crippen LogP contribution in [0.15, 0.2) is 50.8 Å². The lowest BCUT2D eigenvalue weighted by atomic mass is 10.1. The number of pyridine rings is 1. The van der Waals surface area contributed by atoms with Gasteiger partial charge in [0, 0.05) is 31.1 Å². The molecule has 2 heterocycles. The van der Waals surface area contributed by atoms with Crippen molar-refractivity contribution in [2.24, 2.45) is 7.05 Å².